The van der Waals surface area contributed by atoms with E-state index in [-0.39, 0.29) is 16.3 Å². The summed E-state index contributed by atoms with van der Waals surface area (Å²) >= 11 is 0. The molecule has 0 amide bonds. The van der Waals surface area contributed by atoms with E-state index < -0.39 is 19.9 Å². The normalized spacial score (nSPS) is 12.3. The van der Waals surface area contributed by atoms with Crippen molar-refractivity contribution in [1.82, 2.24) is 4.72 Å². The van der Waals surface area contributed by atoms with Gasteiger partial charge in [0.15, 0.2) is 9.84 Å². The summed E-state index contributed by atoms with van der Waals surface area (Å²) in [5.74, 6) is 0. The average Bonchev–Trinajstić information content (AvgIpc) is 2.42. The van der Waals surface area contributed by atoms with E-state index >= 15 is 0 Å². The molecule has 1 aromatic rings. The van der Waals surface area contributed by atoms with Crippen molar-refractivity contribution in [2.45, 2.75) is 16.2 Å². The summed E-state index contributed by atoms with van der Waals surface area (Å²) in [5, 5.41) is 2.74. The van der Waals surface area contributed by atoms with E-state index in [0.29, 0.717) is 18.7 Å². The molecule has 0 heterocycles. The van der Waals surface area contributed by atoms with Gasteiger partial charge in [-0.15, -0.1) is 0 Å². The van der Waals surface area contributed by atoms with Crippen molar-refractivity contribution >= 4 is 25.5 Å². The topological polar surface area (TPSA) is 102 Å². The summed E-state index contributed by atoms with van der Waals surface area (Å²) < 4.78 is 54.9. The van der Waals surface area contributed by atoms with Crippen molar-refractivity contribution in [2.24, 2.45) is 0 Å². The highest BCUT2D eigenvalue weighted by molar-refractivity contribution is 7.91. The minimum absolute atomic E-state index is 0.0428. The maximum Gasteiger partial charge on any atom is 0.242 e. The van der Waals surface area contributed by atoms with Gasteiger partial charge in [0.2, 0.25) is 10.0 Å². The van der Waals surface area contributed by atoms with E-state index in [0.717, 1.165) is 12.3 Å². The molecule has 0 saturated carbocycles. The lowest BCUT2D eigenvalue weighted by Gasteiger charge is -2.12. The molecule has 0 aliphatic carbocycles. The van der Waals surface area contributed by atoms with Crippen molar-refractivity contribution in [3.05, 3.63) is 18.2 Å². The molecule has 1 rings (SSSR count). The molecule has 2 N–H and O–H groups in total. The van der Waals surface area contributed by atoms with Gasteiger partial charge in [-0.1, -0.05) is 0 Å². The second-order valence-corrected chi connectivity index (χ2v) is 8.18. The Morgan fingerprint density at radius 3 is 2.38 bits per heavy atom. The van der Waals surface area contributed by atoms with E-state index in [1.165, 1.54) is 19.2 Å². The molecule has 9 heteroatoms. The molecule has 0 aliphatic heterocycles. The van der Waals surface area contributed by atoms with Crippen molar-refractivity contribution in [1.29, 1.82) is 0 Å². The molecule has 7 nitrogen and oxygen atoms in total. The van der Waals surface area contributed by atoms with Crippen molar-refractivity contribution in [3.63, 3.8) is 0 Å². The summed E-state index contributed by atoms with van der Waals surface area (Å²) in [5.41, 5.74) is 0.335. The first-order valence-electron chi connectivity index (χ1n) is 6.23. The molecule has 0 aliphatic rings. The number of rotatable bonds is 8. The first kappa shape index (κ1) is 17.9. The summed E-state index contributed by atoms with van der Waals surface area (Å²) in [6.45, 7) is 0.646. The lowest BCUT2D eigenvalue weighted by Crippen LogP contribution is -2.26. The van der Waals surface area contributed by atoms with Gasteiger partial charge >= 0.3 is 0 Å². The zero-order chi connectivity index (χ0) is 16.1. The number of methoxy groups -OCH3 is 1. The first-order valence-corrected chi connectivity index (χ1v) is 9.60. The Balaban J connectivity index is 3.14. The molecule has 1 aromatic carbocycles. The fraction of sp³-hybridized carbons (Fsp3) is 0.500. The Labute approximate surface area is 125 Å². The van der Waals surface area contributed by atoms with Gasteiger partial charge in [-0.05, 0) is 24.6 Å². The Morgan fingerprint density at radius 1 is 1.19 bits per heavy atom. The highest BCUT2D eigenvalue weighted by Crippen LogP contribution is 2.24. The Bertz CT molecular complexity index is 684. The molecule has 0 unspecified atom stereocenters. The largest absolute Gasteiger partial charge is 0.387 e. The number of hydrogen-bond donors (Lipinski definition) is 2. The zero-order valence-corrected chi connectivity index (χ0v) is 13.8. The smallest absolute Gasteiger partial charge is 0.242 e. The molecule has 0 spiro atoms. The van der Waals surface area contributed by atoms with E-state index in [9.17, 15) is 16.8 Å². The van der Waals surface area contributed by atoms with Crippen LogP contribution < -0.4 is 10.0 Å². The van der Waals surface area contributed by atoms with E-state index in [1.807, 2.05) is 0 Å². The minimum Gasteiger partial charge on any atom is -0.387 e. The van der Waals surface area contributed by atoms with Gasteiger partial charge in [0.05, 0.1) is 10.6 Å². The Hall–Kier alpha value is -1.16. The standard InChI is InChI=1S/C12H20N2O5S2/c1-13-11-6-5-10(20(3,15)16)9-12(11)21(17,18)14-7-4-8-19-2/h5-6,9,13-14H,4,7-8H2,1-3H3. The van der Waals surface area contributed by atoms with Crippen LogP contribution in [0.2, 0.25) is 0 Å². The second kappa shape index (κ2) is 7.21. The van der Waals surface area contributed by atoms with Crippen LogP contribution in [0.3, 0.4) is 0 Å². The number of benzene rings is 1. The molecule has 0 radical (unpaired) electrons. The number of hydrogen-bond acceptors (Lipinski definition) is 6. The molecular formula is C12H20N2O5S2. The molecule has 0 atom stereocenters. The van der Waals surface area contributed by atoms with E-state index in [4.69, 9.17) is 4.74 Å². The lowest BCUT2D eigenvalue weighted by atomic mass is 10.3. The summed E-state index contributed by atoms with van der Waals surface area (Å²) in [7, 11) is -4.18. The number of ether oxygens (including phenoxy) is 1. The van der Waals surface area contributed by atoms with Crippen LogP contribution in [-0.2, 0) is 24.6 Å². The monoisotopic (exact) mass is 336 g/mol. The second-order valence-electron chi connectivity index (χ2n) is 4.42. The predicted octanol–water partition coefficient (Wildman–Crippen LogP) is 0.447. The van der Waals surface area contributed by atoms with Crippen LogP contribution in [-0.4, -0.2) is 50.4 Å². The van der Waals surface area contributed by atoms with Gasteiger partial charge in [0, 0.05) is 33.6 Å². The number of sulfone groups is 1. The van der Waals surface area contributed by atoms with Crippen LogP contribution in [0.1, 0.15) is 6.42 Å². The third-order valence-electron chi connectivity index (χ3n) is 2.76. The van der Waals surface area contributed by atoms with Gasteiger partial charge in [-0.25, -0.2) is 21.6 Å². The molecule has 0 fully saturated rings. The number of sulfonamides is 1. The molecular weight excluding hydrogens is 316 g/mol. The maximum absolute atomic E-state index is 12.3. The van der Waals surface area contributed by atoms with E-state index in [2.05, 4.69) is 10.0 Å². The van der Waals surface area contributed by atoms with Gasteiger partial charge in [-0.2, -0.15) is 0 Å². The van der Waals surface area contributed by atoms with E-state index in [1.54, 1.807) is 7.05 Å². The third-order valence-corrected chi connectivity index (χ3v) is 5.37. The fourth-order valence-corrected chi connectivity index (χ4v) is 3.70. The van der Waals surface area contributed by atoms with Crippen LogP contribution >= 0.6 is 0 Å². The van der Waals surface area contributed by atoms with Gasteiger partial charge < -0.3 is 10.1 Å². The zero-order valence-electron chi connectivity index (χ0n) is 12.2. The Kier molecular flexibility index (Phi) is 6.14. The van der Waals surface area contributed by atoms with Crippen LogP contribution in [0.25, 0.3) is 0 Å². The summed E-state index contributed by atoms with van der Waals surface area (Å²) in [4.78, 5) is -0.135. The SMILES string of the molecule is CNc1ccc(S(C)(=O)=O)cc1S(=O)(=O)NCCCOC. The maximum atomic E-state index is 12.3. The number of nitrogens with one attached hydrogen (secondary N) is 2. The van der Waals surface area contributed by atoms with Gasteiger partial charge in [0.25, 0.3) is 0 Å². The average molecular weight is 336 g/mol. The Morgan fingerprint density at radius 2 is 1.86 bits per heavy atom. The lowest BCUT2D eigenvalue weighted by molar-refractivity contribution is 0.196. The first-order chi connectivity index (χ1) is 9.72. The molecule has 0 bridgehead atoms. The molecule has 0 saturated heterocycles. The third kappa shape index (κ3) is 4.95. The van der Waals surface area contributed by atoms with Crippen LogP contribution in [0.5, 0.6) is 0 Å². The fourth-order valence-electron chi connectivity index (χ4n) is 1.66. The highest BCUT2D eigenvalue weighted by Gasteiger charge is 2.20. The summed E-state index contributed by atoms with van der Waals surface area (Å²) in [6, 6.07) is 3.95. The quantitative estimate of drug-likeness (QED) is 0.668. The van der Waals surface area contributed by atoms with Crippen LogP contribution in [0.4, 0.5) is 5.69 Å². The van der Waals surface area contributed by atoms with Crippen molar-refractivity contribution in [3.8, 4) is 0 Å². The van der Waals surface area contributed by atoms with Crippen LogP contribution in [0, 0.1) is 0 Å². The van der Waals surface area contributed by atoms with Crippen molar-refractivity contribution < 1.29 is 21.6 Å². The molecule has 120 valence electrons. The van der Waals surface area contributed by atoms with Crippen LogP contribution in [0.15, 0.2) is 28.0 Å². The summed E-state index contributed by atoms with van der Waals surface area (Å²) in [6.07, 6.45) is 1.56. The minimum atomic E-state index is -3.80. The highest BCUT2D eigenvalue weighted by atomic mass is 32.2. The number of anilines is 1. The predicted molar refractivity (Wildman–Crippen MR) is 80.8 cm³/mol. The van der Waals surface area contributed by atoms with Gasteiger partial charge in [0.1, 0.15) is 4.90 Å². The molecule has 21 heavy (non-hydrogen) atoms. The molecule has 0 aromatic heterocycles. The van der Waals surface area contributed by atoms with Gasteiger partial charge in [-0.3, -0.25) is 0 Å². The van der Waals surface area contributed by atoms with Crippen molar-refractivity contribution in [2.75, 3.05) is 38.9 Å².